The molecular formula is C13H17NO2S. The van der Waals surface area contributed by atoms with E-state index in [0.29, 0.717) is 12.5 Å². The lowest BCUT2D eigenvalue weighted by atomic mass is 10.0. The Hall–Kier alpha value is -1.03. The molecule has 0 spiro atoms. The van der Waals surface area contributed by atoms with Crippen LogP contribution in [0.5, 0.6) is 0 Å². The second kappa shape index (κ2) is 4.33. The zero-order valence-corrected chi connectivity index (χ0v) is 10.9. The van der Waals surface area contributed by atoms with Crippen LogP contribution < -0.4 is 0 Å². The summed E-state index contributed by atoms with van der Waals surface area (Å²) in [5.74, 6) is 0.554. The van der Waals surface area contributed by atoms with E-state index >= 15 is 0 Å². The quantitative estimate of drug-likeness (QED) is 0.768. The molecule has 4 heteroatoms. The van der Waals surface area contributed by atoms with E-state index in [9.17, 15) is 4.79 Å². The summed E-state index contributed by atoms with van der Waals surface area (Å²) in [4.78, 5) is 15.2. The molecule has 3 nitrogen and oxygen atoms in total. The highest BCUT2D eigenvalue weighted by atomic mass is 32.1. The largest absolute Gasteiger partial charge is 0.450 e. The van der Waals surface area contributed by atoms with Crippen LogP contribution in [0, 0.1) is 0 Å². The average molecular weight is 251 g/mol. The Labute approximate surface area is 105 Å². The molecule has 1 aromatic heterocycles. The first-order valence-corrected chi connectivity index (χ1v) is 7.18. The minimum absolute atomic E-state index is 0.142. The van der Waals surface area contributed by atoms with E-state index in [0.717, 1.165) is 19.5 Å². The molecule has 0 bridgehead atoms. The zero-order valence-electron chi connectivity index (χ0n) is 10.1. The number of ether oxygens (including phenoxy) is 1. The first kappa shape index (κ1) is 11.1. The first-order valence-electron chi connectivity index (χ1n) is 6.30. The van der Waals surface area contributed by atoms with E-state index in [1.807, 2.05) is 23.2 Å². The van der Waals surface area contributed by atoms with Crippen molar-refractivity contribution in [3.8, 4) is 0 Å². The summed E-state index contributed by atoms with van der Waals surface area (Å²) < 4.78 is 5.11. The van der Waals surface area contributed by atoms with Gasteiger partial charge in [0.2, 0.25) is 0 Å². The fourth-order valence-corrected chi connectivity index (χ4v) is 4.12. The molecule has 1 aliphatic carbocycles. The summed E-state index contributed by atoms with van der Waals surface area (Å²) in [6, 6.07) is 0. The lowest BCUT2D eigenvalue weighted by Gasteiger charge is -2.22. The van der Waals surface area contributed by atoms with Gasteiger partial charge < -0.3 is 9.64 Å². The molecule has 2 aliphatic rings. The van der Waals surface area contributed by atoms with Crippen molar-refractivity contribution >= 4 is 17.4 Å². The van der Waals surface area contributed by atoms with E-state index in [2.05, 4.69) is 5.38 Å². The topological polar surface area (TPSA) is 29.5 Å². The Morgan fingerprint density at radius 1 is 1.59 bits per heavy atom. The third kappa shape index (κ3) is 1.84. The van der Waals surface area contributed by atoms with Gasteiger partial charge in [-0.3, -0.25) is 0 Å². The predicted molar refractivity (Wildman–Crippen MR) is 67.7 cm³/mol. The number of amides is 1. The summed E-state index contributed by atoms with van der Waals surface area (Å²) in [5.41, 5.74) is 3.09. The molecule has 1 aliphatic heterocycles. The molecule has 92 valence electrons. The minimum Gasteiger partial charge on any atom is -0.450 e. The molecule has 1 atom stereocenters. The van der Waals surface area contributed by atoms with Gasteiger partial charge >= 0.3 is 6.09 Å². The number of aryl methyl sites for hydroxylation is 1. The molecular weight excluding hydrogens is 234 g/mol. The Morgan fingerprint density at radius 2 is 2.47 bits per heavy atom. The summed E-state index contributed by atoms with van der Waals surface area (Å²) in [5, 5.41) is 2.31. The van der Waals surface area contributed by atoms with Crippen molar-refractivity contribution < 1.29 is 9.53 Å². The van der Waals surface area contributed by atoms with Crippen LogP contribution in [0.25, 0.3) is 0 Å². The summed E-state index contributed by atoms with van der Waals surface area (Å²) >= 11 is 1.87. The molecule has 0 fully saturated rings. The van der Waals surface area contributed by atoms with Crippen molar-refractivity contribution in [3.63, 3.8) is 0 Å². The van der Waals surface area contributed by atoms with Crippen molar-refractivity contribution in [2.75, 3.05) is 19.7 Å². The van der Waals surface area contributed by atoms with Crippen LogP contribution >= 0.6 is 11.3 Å². The molecule has 2 heterocycles. The average Bonchev–Trinajstić information content (AvgIpc) is 2.82. The molecule has 0 N–H and O–H groups in total. The fraction of sp³-hybridized carbons (Fsp3) is 0.615. The number of nitrogens with zero attached hydrogens (tertiary/aromatic N) is 1. The highest BCUT2D eigenvalue weighted by molar-refractivity contribution is 7.10. The molecule has 0 saturated heterocycles. The van der Waals surface area contributed by atoms with Gasteiger partial charge in [-0.2, -0.15) is 0 Å². The van der Waals surface area contributed by atoms with Gasteiger partial charge in [0.1, 0.15) is 0 Å². The van der Waals surface area contributed by atoms with Crippen molar-refractivity contribution in [1.82, 2.24) is 4.90 Å². The smallest absolute Gasteiger partial charge is 0.409 e. The third-order valence-electron chi connectivity index (χ3n) is 3.74. The molecule has 1 amide bonds. The summed E-state index contributed by atoms with van der Waals surface area (Å²) in [7, 11) is 0. The van der Waals surface area contributed by atoms with Gasteiger partial charge in [0.25, 0.3) is 0 Å². The summed E-state index contributed by atoms with van der Waals surface area (Å²) in [6.45, 7) is 3.98. The van der Waals surface area contributed by atoms with Gasteiger partial charge in [0.05, 0.1) is 6.61 Å². The fourth-order valence-electron chi connectivity index (χ4n) is 2.96. The lowest BCUT2D eigenvalue weighted by molar-refractivity contribution is 0.106. The van der Waals surface area contributed by atoms with Gasteiger partial charge in [-0.25, -0.2) is 4.79 Å². The van der Waals surface area contributed by atoms with Crippen molar-refractivity contribution in [3.05, 3.63) is 21.4 Å². The number of thiophene rings is 1. The Bertz CT molecular complexity index is 441. The number of carbonyl (C=O) groups excluding carboxylic acids is 1. The Morgan fingerprint density at radius 3 is 3.29 bits per heavy atom. The molecule has 0 saturated carbocycles. The highest BCUT2D eigenvalue weighted by Crippen LogP contribution is 2.41. The zero-order chi connectivity index (χ0) is 11.8. The maximum absolute atomic E-state index is 11.8. The number of hydrogen-bond acceptors (Lipinski definition) is 3. The number of carbonyl (C=O) groups is 1. The highest BCUT2D eigenvalue weighted by Gasteiger charge is 2.32. The van der Waals surface area contributed by atoms with E-state index in [4.69, 9.17) is 4.74 Å². The second-order valence-electron chi connectivity index (χ2n) is 4.73. The van der Waals surface area contributed by atoms with E-state index < -0.39 is 0 Å². The van der Waals surface area contributed by atoms with Crippen LogP contribution in [-0.4, -0.2) is 30.7 Å². The molecule has 0 unspecified atom stereocenters. The van der Waals surface area contributed by atoms with Gasteiger partial charge in [-0.05, 0) is 42.7 Å². The van der Waals surface area contributed by atoms with E-state index in [1.165, 1.54) is 23.3 Å². The normalized spacial score (nSPS) is 22.2. The Kier molecular flexibility index (Phi) is 2.82. The molecule has 3 rings (SSSR count). The molecule has 0 radical (unpaired) electrons. The lowest BCUT2D eigenvalue weighted by Crippen LogP contribution is -2.34. The number of hydrogen-bond donors (Lipinski definition) is 0. The van der Waals surface area contributed by atoms with Gasteiger partial charge in [-0.1, -0.05) is 0 Å². The maximum Gasteiger partial charge on any atom is 0.409 e. The maximum atomic E-state index is 11.8. The van der Waals surface area contributed by atoms with Crippen molar-refractivity contribution in [2.24, 2.45) is 0 Å². The van der Waals surface area contributed by atoms with Crippen LogP contribution in [0.4, 0.5) is 4.79 Å². The van der Waals surface area contributed by atoms with E-state index in [1.54, 1.807) is 5.56 Å². The standard InChI is InChI=1S/C13H17NO2S/c1-2-16-13(15)14-6-5-11-12-9(7-14)3-4-10(12)8-17-11/h8-9H,2-7H2,1H3/t9-/m0/s1. The van der Waals surface area contributed by atoms with Crippen LogP contribution in [0.2, 0.25) is 0 Å². The SMILES string of the molecule is CCOC(=O)N1CCc2scc3c2[C@@H](CC3)C1. The summed E-state index contributed by atoms with van der Waals surface area (Å²) in [6.07, 6.45) is 3.24. The van der Waals surface area contributed by atoms with Gasteiger partial charge in [-0.15, -0.1) is 11.3 Å². The van der Waals surface area contributed by atoms with Crippen molar-refractivity contribution in [1.29, 1.82) is 0 Å². The van der Waals surface area contributed by atoms with Crippen molar-refractivity contribution in [2.45, 2.75) is 32.1 Å². The number of rotatable bonds is 1. The van der Waals surface area contributed by atoms with Crippen LogP contribution in [0.15, 0.2) is 5.38 Å². The van der Waals surface area contributed by atoms with Crippen LogP contribution in [-0.2, 0) is 17.6 Å². The van der Waals surface area contributed by atoms with E-state index in [-0.39, 0.29) is 6.09 Å². The molecule has 17 heavy (non-hydrogen) atoms. The Balaban J connectivity index is 1.81. The monoisotopic (exact) mass is 251 g/mol. The third-order valence-corrected chi connectivity index (χ3v) is 4.85. The second-order valence-corrected chi connectivity index (χ2v) is 5.69. The van der Waals surface area contributed by atoms with Gasteiger partial charge in [0.15, 0.2) is 0 Å². The molecule has 1 aromatic rings. The molecule has 0 aromatic carbocycles. The first-order chi connectivity index (χ1) is 8.29. The van der Waals surface area contributed by atoms with Gasteiger partial charge in [0, 0.05) is 23.9 Å². The van der Waals surface area contributed by atoms with Crippen LogP contribution in [0.1, 0.15) is 35.3 Å². The minimum atomic E-state index is -0.142. The van der Waals surface area contributed by atoms with Crippen LogP contribution in [0.3, 0.4) is 0 Å². The predicted octanol–water partition coefficient (Wildman–Crippen LogP) is 2.79.